The molecule has 3 heterocycles. The average Bonchev–Trinajstić information content (AvgIpc) is 3.24. The molecular weight excluding hydrogens is 510 g/mol. The van der Waals surface area contributed by atoms with Gasteiger partial charge in [-0.15, -0.1) is 0 Å². The number of rotatable bonds is 9. The minimum atomic E-state index is -0.646. The Morgan fingerprint density at radius 3 is 2.71 bits per heavy atom. The van der Waals surface area contributed by atoms with Crippen LogP contribution in [0, 0.1) is 0 Å². The monoisotopic (exact) mass is 539 g/mol. The van der Waals surface area contributed by atoms with Crippen LogP contribution in [0.4, 0.5) is 0 Å². The van der Waals surface area contributed by atoms with Gasteiger partial charge >= 0.3 is 0 Å². The molecule has 2 saturated heterocycles. The lowest BCUT2D eigenvalue weighted by atomic mass is 9.99. The number of hydrogen-bond donors (Lipinski definition) is 1. The number of benzene rings is 2. The minimum Gasteiger partial charge on any atom is -0.491 e. The van der Waals surface area contributed by atoms with Crippen LogP contribution in [0.2, 0.25) is 5.02 Å². The maximum Gasteiger partial charge on any atom is 0.255 e. The summed E-state index contributed by atoms with van der Waals surface area (Å²) in [5.41, 5.74) is 2.86. The van der Waals surface area contributed by atoms with Crippen LogP contribution in [0.1, 0.15) is 51.1 Å². The van der Waals surface area contributed by atoms with Crippen LogP contribution in [0.5, 0.6) is 5.75 Å². The molecule has 200 valence electrons. The molecule has 3 aliphatic rings. The number of morpholine rings is 1. The predicted molar refractivity (Wildman–Crippen MR) is 139 cm³/mol. The predicted octanol–water partition coefficient (Wildman–Crippen LogP) is 2.63. The summed E-state index contributed by atoms with van der Waals surface area (Å²) in [5.74, 6) is -0.480. The highest BCUT2D eigenvalue weighted by Crippen LogP contribution is 2.29. The van der Waals surface area contributed by atoms with Crippen LogP contribution in [0.25, 0.3) is 0 Å². The highest BCUT2D eigenvalue weighted by molar-refractivity contribution is 6.32. The number of piperidine rings is 1. The molecule has 9 nitrogen and oxygen atoms in total. The molecule has 2 aromatic carbocycles. The molecule has 1 atom stereocenters. The molecule has 38 heavy (non-hydrogen) atoms. The third-order valence-electron chi connectivity index (χ3n) is 7.25. The van der Waals surface area contributed by atoms with Crippen molar-refractivity contribution in [1.29, 1.82) is 0 Å². The quantitative estimate of drug-likeness (QED) is 0.386. The highest BCUT2D eigenvalue weighted by atomic mass is 35.5. The van der Waals surface area contributed by atoms with Crippen molar-refractivity contribution in [2.45, 2.75) is 38.3 Å². The van der Waals surface area contributed by atoms with E-state index in [1.165, 1.54) is 4.90 Å². The van der Waals surface area contributed by atoms with E-state index in [0.29, 0.717) is 54.3 Å². The summed E-state index contributed by atoms with van der Waals surface area (Å²) in [7, 11) is 0. The number of carbonyl (C=O) groups excluding carboxylic acids is 4. The number of hydrogen-bond acceptors (Lipinski definition) is 7. The number of ketones is 1. The topological polar surface area (TPSA) is 105 Å². The number of ether oxygens (including phenoxy) is 2. The van der Waals surface area contributed by atoms with Crippen molar-refractivity contribution in [3.63, 3.8) is 0 Å². The first-order chi connectivity index (χ1) is 18.4. The van der Waals surface area contributed by atoms with Gasteiger partial charge < -0.3 is 14.4 Å². The summed E-state index contributed by atoms with van der Waals surface area (Å²) in [5, 5.41) is 2.78. The first-order valence-corrected chi connectivity index (χ1v) is 13.3. The Kier molecular flexibility index (Phi) is 8.06. The van der Waals surface area contributed by atoms with Gasteiger partial charge in [-0.3, -0.25) is 29.4 Å². The zero-order valence-corrected chi connectivity index (χ0v) is 21.8. The molecule has 3 amide bonds. The molecule has 0 spiro atoms. The minimum absolute atomic E-state index is 0.0264. The van der Waals surface area contributed by atoms with Crippen molar-refractivity contribution in [1.82, 2.24) is 15.1 Å². The van der Waals surface area contributed by atoms with Gasteiger partial charge in [0.15, 0.2) is 5.78 Å². The van der Waals surface area contributed by atoms with E-state index in [-0.39, 0.29) is 24.0 Å². The van der Waals surface area contributed by atoms with Crippen molar-refractivity contribution in [2.24, 2.45) is 0 Å². The van der Waals surface area contributed by atoms with Crippen molar-refractivity contribution in [2.75, 3.05) is 39.5 Å². The lowest BCUT2D eigenvalue weighted by Gasteiger charge is -2.29. The standard InChI is InChI=1S/C28H30ClN3O6/c29-22-5-3-19(16-25(22)38-14-11-31-9-12-37-13-10-31)24(33)7-2-18-1-4-21-20(15-18)17-32(28(21)36)23-6-8-26(34)30-27(23)35/h1,3-5,15-16,23H,2,6-14,17H2,(H,30,34,35). The van der Waals surface area contributed by atoms with Gasteiger partial charge in [0, 0.05) is 50.1 Å². The van der Waals surface area contributed by atoms with Crippen molar-refractivity contribution < 1.29 is 28.7 Å². The van der Waals surface area contributed by atoms with Crippen molar-refractivity contribution >= 4 is 35.1 Å². The van der Waals surface area contributed by atoms with E-state index >= 15 is 0 Å². The van der Waals surface area contributed by atoms with Crippen molar-refractivity contribution in [3.05, 3.63) is 63.7 Å². The molecule has 0 radical (unpaired) electrons. The van der Waals surface area contributed by atoms with E-state index in [1.807, 2.05) is 12.1 Å². The summed E-state index contributed by atoms with van der Waals surface area (Å²) in [6.07, 6.45) is 1.34. The lowest BCUT2D eigenvalue weighted by molar-refractivity contribution is -0.136. The fraction of sp³-hybridized carbons (Fsp3) is 0.429. The Morgan fingerprint density at radius 2 is 1.92 bits per heavy atom. The molecule has 3 aliphatic heterocycles. The van der Waals surface area contributed by atoms with Crippen LogP contribution in [-0.4, -0.2) is 78.8 Å². The van der Waals surface area contributed by atoms with Crippen molar-refractivity contribution in [3.8, 4) is 5.75 Å². The highest BCUT2D eigenvalue weighted by Gasteiger charge is 2.39. The van der Waals surface area contributed by atoms with E-state index in [4.69, 9.17) is 21.1 Å². The molecule has 2 aromatic rings. The SMILES string of the molecule is O=C1CCC(N2Cc3cc(CCC(=O)c4ccc(Cl)c(OCCN5CCOCC5)c4)ccc3C2=O)C(=O)N1. The van der Waals surface area contributed by atoms with Crippen LogP contribution < -0.4 is 10.1 Å². The van der Waals surface area contributed by atoms with Gasteiger partial charge in [0.05, 0.1) is 18.2 Å². The fourth-order valence-corrected chi connectivity index (χ4v) is 5.25. The summed E-state index contributed by atoms with van der Waals surface area (Å²) in [6.45, 7) is 4.75. The van der Waals surface area contributed by atoms with Gasteiger partial charge in [0.1, 0.15) is 18.4 Å². The number of nitrogens with zero attached hydrogens (tertiary/aromatic N) is 2. The summed E-state index contributed by atoms with van der Waals surface area (Å²) in [4.78, 5) is 53.4. The molecule has 0 bridgehead atoms. The van der Waals surface area contributed by atoms with E-state index in [1.54, 1.807) is 24.3 Å². The maximum atomic E-state index is 13.0. The third kappa shape index (κ3) is 5.90. The second-order valence-electron chi connectivity index (χ2n) is 9.76. The summed E-state index contributed by atoms with van der Waals surface area (Å²) >= 11 is 6.30. The number of fused-ring (bicyclic) bond motifs is 1. The van der Waals surface area contributed by atoms with E-state index in [0.717, 1.165) is 44.0 Å². The Bertz CT molecular complexity index is 1260. The summed E-state index contributed by atoms with van der Waals surface area (Å²) < 4.78 is 11.2. The number of amides is 3. The number of imide groups is 1. The van der Waals surface area contributed by atoms with Gasteiger partial charge in [0.2, 0.25) is 11.8 Å². The van der Waals surface area contributed by atoms with Gasteiger partial charge in [-0.05, 0) is 48.2 Å². The Hall–Kier alpha value is -3.27. The zero-order valence-electron chi connectivity index (χ0n) is 21.0. The first-order valence-electron chi connectivity index (χ1n) is 12.9. The molecule has 2 fully saturated rings. The van der Waals surface area contributed by atoms with Gasteiger partial charge in [-0.25, -0.2) is 0 Å². The van der Waals surface area contributed by atoms with Gasteiger partial charge in [-0.2, -0.15) is 0 Å². The lowest BCUT2D eigenvalue weighted by Crippen LogP contribution is -2.52. The van der Waals surface area contributed by atoms with E-state index in [9.17, 15) is 19.2 Å². The van der Waals surface area contributed by atoms with Crippen LogP contribution in [0.15, 0.2) is 36.4 Å². The number of Topliss-reactive ketones (excluding diaryl/α,β-unsaturated/α-hetero) is 1. The average molecular weight is 540 g/mol. The smallest absolute Gasteiger partial charge is 0.255 e. The number of carbonyl (C=O) groups is 4. The van der Waals surface area contributed by atoms with Crippen LogP contribution in [0.3, 0.4) is 0 Å². The summed E-state index contributed by atoms with van der Waals surface area (Å²) in [6, 6.07) is 9.97. The molecule has 0 aliphatic carbocycles. The Labute approximate surface area is 226 Å². The number of aryl methyl sites for hydroxylation is 1. The van der Waals surface area contributed by atoms with E-state index in [2.05, 4.69) is 10.2 Å². The number of halogens is 1. The molecule has 0 aromatic heterocycles. The molecule has 1 N–H and O–H groups in total. The van der Waals surface area contributed by atoms with Crippen LogP contribution >= 0.6 is 11.6 Å². The third-order valence-corrected chi connectivity index (χ3v) is 7.56. The molecular formula is C28H30ClN3O6. The van der Waals surface area contributed by atoms with E-state index < -0.39 is 11.9 Å². The molecule has 0 saturated carbocycles. The number of nitrogens with one attached hydrogen (secondary N) is 1. The maximum absolute atomic E-state index is 13.0. The fourth-order valence-electron chi connectivity index (χ4n) is 5.08. The molecule has 5 rings (SSSR count). The van der Waals surface area contributed by atoms with Gasteiger partial charge in [-0.1, -0.05) is 23.7 Å². The Balaban J connectivity index is 1.17. The molecule has 10 heteroatoms. The largest absolute Gasteiger partial charge is 0.491 e. The second kappa shape index (κ2) is 11.6. The first kappa shape index (κ1) is 26.3. The Morgan fingerprint density at radius 1 is 1.11 bits per heavy atom. The zero-order chi connectivity index (χ0) is 26.6. The second-order valence-corrected chi connectivity index (χ2v) is 10.2. The van der Waals surface area contributed by atoms with Gasteiger partial charge in [0.25, 0.3) is 5.91 Å². The normalized spacial score (nSPS) is 19.9. The molecule has 1 unspecified atom stereocenters. The van der Waals surface area contributed by atoms with Crippen LogP contribution in [-0.2, 0) is 27.3 Å².